The molecule has 0 unspecified atom stereocenters. The molecule has 114 valence electrons. The minimum absolute atomic E-state index is 1.15. The smallest absolute Gasteiger partial charge is 0.0384 e. The number of aryl methyl sites for hydroxylation is 2. The van der Waals surface area contributed by atoms with E-state index >= 15 is 0 Å². The van der Waals surface area contributed by atoms with E-state index in [1.165, 1.54) is 53.6 Å². The van der Waals surface area contributed by atoms with Crippen LogP contribution >= 0.6 is 11.3 Å². The average molecular weight is 324 g/mol. The van der Waals surface area contributed by atoms with Gasteiger partial charge in [0.05, 0.1) is 0 Å². The third-order valence-corrected chi connectivity index (χ3v) is 6.90. The lowest BCUT2D eigenvalue weighted by atomic mass is 9.87. The fraction of sp³-hybridized carbons (Fsp3) is 0.130. The molecular weight excluding hydrogens is 308 g/mol. The molecule has 4 aromatic rings. The number of benzene rings is 3. The summed E-state index contributed by atoms with van der Waals surface area (Å²) in [5, 5.41) is 2.96. The molecule has 1 heteroatoms. The maximum atomic E-state index is 2.45. The second-order valence-corrected chi connectivity index (χ2v) is 7.96. The Hall–Kier alpha value is -2.38. The Balaban J connectivity index is 1.86. The molecule has 0 N–H and O–H groups in total. The van der Waals surface area contributed by atoms with E-state index < -0.39 is 0 Å². The molecule has 0 nitrogen and oxygen atoms in total. The third kappa shape index (κ3) is 1.44. The van der Waals surface area contributed by atoms with E-state index in [2.05, 4.69) is 61.5 Å². The highest BCUT2D eigenvalue weighted by Gasteiger charge is 2.30. The minimum atomic E-state index is 1.15. The van der Waals surface area contributed by atoms with Gasteiger partial charge in [-0.3, -0.25) is 0 Å². The van der Waals surface area contributed by atoms with Crippen molar-refractivity contribution in [1.29, 1.82) is 0 Å². The summed E-state index contributed by atoms with van der Waals surface area (Å²) in [5.74, 6) is 0. The topological polar surface area (TPSA) is 0 Å². The predicted octanol–water partition coefficient (Wildman–Crippen LogP) is 6.72. The summed E-state index contributed by atoms with van der Waals surface area (Å²) in [5.41, 5.74) is 10.2. The van der Waals surface area contributed by atoms with Crippen LogP contribution in [0.5, 0.6) is 0 Å². The number of rotatable bonds is 0. The maximum absolute atomic E-state index is 2.45. The summed E-state index contributed by atoms with van der Waals surface area (Å²) in [6, 6.07) is 18.1. The predicted molar refractivity (Wildman–Crippen MR) is 105 cm³/mol. The van der Waals surface area contributed by atoms with Gasteiger partial charge in [-0.15, -0.1) is 11.3 Å². The molecule has 0 spiro atoms. The van der Waals surface area contributed by atoms with Crippen molar-refractivity contribution in [3.8, 4) is 11.1 Å². The molecule has 0 radical (unpaired) electrons. The van der Waals surface area contributed by atoms with Gasteiger partial charge in [-0.1, -0.05) is 48.5 Å². The van der Waals surface area contributed by atoms with Crippen molar-refractivity contribution >= 4 is 37.1 Å². The van der Waals surface area contributed by atoms with Crippen LogP contribution in [0.25, 0.3) is 36.9 Å². The van der Waals surface area contributed by atoms with Gasteiger partial charge in [0, 0.05) is 20.2 Å². The minimum Gasteiger partial charge on any atom is -0.135 e. The van der Waals surface area contributed by atoms with Gasteiger partial charge in [-0.25, -0.2) is 0 Å². The van der Waals surface area contributed by atoms with Crippen molar-refractivity contribution in [2.45, 2.75) is 19.8 Å². The second kappa shape index (κ2) is 4.37. The first-order chi connectivity index (χ1) is 11.8. The Morgan fingerprint density at radius 1 is 0.917 bits per heavy atom. The molecule has 2 aliphatic rings. The summed E-state index contributed by atoms with van der Waals surface area (Å²) >= 11 is 1.96. The first-order valence-corrected chi connectivity index (χ1v) is 9.42. The van der Waals surface area contributed by atoms with Gasteiger partial charge < -0.3 is 0 Å². The van der Waals surface area contributed by atoms with Crippen LogP contribution in [0.4, 0.5) is 0 Å². The highest BCUT2D eigenvalue weighted by Crippen LogP contribution is 2.52. The number of fused-ring (bicyclic) bond motifs is 7. The van der Waals surface area contributed by atoms with Gasteiger partial charge in [0.1, 0.15) is 0 Å². The molecule has 0 amide bonds. The highest BCUT2D eigenvalue weighted by atomic mass is 32.1. The maximum Gasteiger partial charge on any atom is 0.0384 e. The van der Waals surface area contributed by atoms with E-state index in [0.29, 0.717) is 0 Å². The zero-order valence-electron chi connectivity index (χ0n) is 13.5. The first kappa shape index (κ1) is 13.0. The Kier molecular flexibility index (Phi) is 2.36. The Bertz CT molecular complexity index is 1200. The van der Waals surface area contributed by atoms with E-state index in [0.717, 1.165) is 12.8 Å². The van der Waals surface area contributed by atoms with Gasteiger partial charge in [0.25, 0.3) is 0 Å². The molecule has 0 aliphatic heterocycles. The van der Waals surface area contributed by atoms with Crippen molar-refractivity contribution in [3.63, 3.8) is 0 Å². The molecular formula is C23H16S. The molecule has 24 heavy (non-hydrogen) atoms. The van der Waals surface area contributed by atoms with Gasteiger partial charge in [-0.05, 0) is 64.8 Å². The lowest BCUT2D eigenvalue weighted by Gasteiger charge is -2.16. The third-order valence-electron chi connectivity index (χ3n) is 5.61. The molecule has 0 saturated heterocycles. The van der Waals surface area contributed by atoms with Crippen molar-refractivity contribution in [3.05, 3.63) is 76.9 Å². The van der Waals surface area contributed by atoms with Crippen molar-refractivity contribution in [2.24, 2.45) is 0 Å². The van der Waals surface area contributed by atoms with Crippen molar-refractivity contribution in [2.75, 3.05) is 0 Å². The molecule has 3 aromatic carbocycles. The van der Waals surface area contributed by atoms with Crippen molar-refractivity contribution < 1.29 is 0 Å². The number of thiophene rings is 1. The SMILES string of the molecule is Cc1cccc2c1sc1cc3c4c(c12)CCC=C4c1ccccc1-3. The number of allylic oxidation sites excluding steroid dienone is 1. The van der Waals surface area contributed by atoms with Crippen LogP contribution in [-0.2, 0) is 6.42 Å². The van der Waals surface area contributed by atoms with E-state index in [9.17, 15) is 0 Å². The summed E-state index contributed by atoms with van der Waals surface area (Å²) in [6.45, 7) is 2.23. The fourth-order valence-corrected chi connectivity index (χ4v) is 5.85. The summed E-state index contributed by atoms with van der Waals surface area (Å²) < 4.78 is 2.91. The summed E-state index contributed by atoms with van der Waals surface area (Å²) in [7, 11) is 0. The van der Waals surface area contributed by atoms with Gasteiger partial charge in [0.2, 0.25) is 0 Å². The molecule has 0 bridgehead atoms. The monoisotopic (exact) mass is 324 g/mol. The summed E-state index contributed by atoms with van der Waals surface area (Å²) in [4.78, 5) is 0. The Morgan fingerprint density at radius 3 is 2.71 bits per heavy atom. The van der Waals surface area contributed by atoms with Gasteiger partial charge >= 0.3 is 0 Å². The zero-order chi connectivity index (χ0) is 15.8. The van der Waals surface area contributed by atoms with Crippen LogP contribution in [0.1, 0.15) is 28.7 Å². The Labute approximate surface area is 145 Å². The summed E-state index contributed by atoms with van der Waals surface area (Å²) in [6.07, 6.45) is 4.76. The fourth-order valence-electron chi connectivity index (χ4n) is 4.61. The highest BCUT2D eigenvalue weighted by molar-refractivity contribution is 7.26. The van der Waals surface area contributed by atoms with Gasteiger partial charge in [0.15, 0.2) is 0 Å². The molecule has 0 atom stereocenters. The molecule has 0 saturated carbocycles. The number of hydrogen-bond donors (Lipinski definition) is 0. The van der Waals surface area contributed by atoms with Crippen LogP contribution < -0.4 is 0 Å². The Morgan fingerprint density at radius 2 is 1.79 bits per heavy atom. The van der Waals surface area contributed by atoms with Crippen LogP contribution in [0.15, 0.2) is 54.6 Å². The molecule has 1 heterocycles. The quantitative estimate of drug-likeness (QED) is 0.296. The average Bonchev–Trinajstić information content (AvgIpc) is 3.15. The van der Waals surface area contributed by atoms with Crippen LogP contribution in [0.2, 0.25) is 0 Å². The normalized spacial score (nSPS) is 14.8. The van der Waals surface area contributed by atoms with E-state index in [1.807, 2.05) is 11.3 Å². The lowest BCUT2D eigenvalue weighted by Crippen LogP contribution is -1.98. The van der Waals surface area contributed by atoms with E-state index in [1.54, 1.807) is 5.56 Å². The molecule has 0 fully saturated rings. The number of hydrogen-bond acceptors (Lipinski definition) is 1. The zero-order valence-corrected chi connectivity index (χ0v) is 14.3. The largest absolute Gasteiger partial charge is 0.135 e. The lowest BCUT2D eigenvalue weighted by molar-refractivity contribution is 0.994. The van der Waals surface area contributed by atoms with Crippen LogP contribution in [-0.4, -0.2) is 0 Å². The van der Waals surface area contributed by atoms with Crippen LogP contribution in [0, 0.1) is 6.92 Å². The van der Waals surface area contributed by atoms with Crippen LogP contribution in [0.3, 0.4) is 0 Å². The standard InChI is InChI=1S/C23H16S/c1-13-6-4-11-18-22-17-10-5-9-16-14-7-2-3-8-15(14)19(21(16)17)12-20(22)24-23(13)18/h2-4,6-9,11-12H,5,10H2,1H3. The van der Waals surface area contributed by atoms with Crippen molar-refractivity contribution in [1.82, 2.24) is 0 Å². The first-order valence-electron chi connectivity index (χ1n) is 8.61. The molecule has 1 aromatic heterocycles. The second-order valence-electron chi connectivity index (χ2n) is 6.91. The van der Waals surface area contributed by atoms with E-state index in [-0.39, 0.29) is 0 Å². The van der Waals surface area contributed by atoms with E-state index in [4.69, 9.17) is 0 Å². The van der Waals surface area contributed by atoms with Gasteiger partial charge in [-0.2, -0.15) is 0 Å². The molecule has 6 rings (SSSR count). The molecule has 2 aliphatic carbocycles.